The van der Waals surface area contributed by atoms with Crippen LogP contribution >= 0.6 is 0 Å². The maximum absolute atomic E-state index is 13.6. The van der Waals surface area contributed by atoms with Gasteiger partial charge in [-0.15, -0.1) is 0 Å². The number of ether oxygens (including phenoxy) is 1. The summed E-state index contributed by atoms with van der Waals surface area (Å²) in [6, 6.07) is 17.0. The smallest absolute Gasteiger partial charge is 0.417 e. The number of amides is 3. The minimum Gasteiger partial charge on any atom is -0.447 e. The Bertz CT molecular complexity index is 894. The van der Waals surface area contributed by atoms with Gasteiger partial charge in [0.05, 0.1) is 5.54 Å². The third-order valence-corrected chi connectivity index (χ3v) is 4.99. The summed E-state index contributed by atoms with van der Waals surface area (Å²) in [5.74, 6) is -0.977. The SMILES string of the molecule is CC(C)C(C(=O)N1C(=O)OCC1(C)C)N(C(=O)c1ccccc1)c1ccccc1. The monoisotopic (exact) mass is 394 g/mol. The summed E-state index contributed by atoms with van der Waals surface area (Å²) in [7, 11) is 0. The fraction of sp³-hybridized carbons (Fsp3) is 0.348. The predicted octanol–water partition coefficient (Wildman–Crippen LogP) is 4.12. The minimum atomic E-state index is -0.866. The lowest BCUT2D eigenvalue weighted by Gasteiger charge is -2.37. The highest BCUT2D eigenvalue weighted by Gasteiger charge is 2.49. The van der Waals surface area contributed by atoms with Gasteiger partial charge in [0.1, 0.15) is 12.6 Å². The number of cyclic esters (lactones) is 1. The number of hydrogen-bond acceptors (Lipinski definition) is 4. The van der Waals surface area contributed by atoms with E-state index in [1.165, 1.54) is 4.90 Å². The zero-order chi connectivity index (χ0) is 21.2. The van der Waals surface area contributed by atoms with Gasteiger partial charge in [-0.1, -0.05) is 50.2 Å². The molecule has 0 aliphatic carbocycles. The number of nitrogens with zero attached hydrogens (tertiary/aromatic N) is 2. The Balaban J connectivity index is 2.09. The van der Waals surface area contributed by atoms with Crippen LogP contribution in [0, 0.1) is 5.92 Å². The number of anilines is 1. The van der Waals surface area contributed by atoms with Crippen LogP contribution in [-0.2, 0) is 9.53 Å². The van der Waals surface area contributed by atoms with E-state index in [1.54, 1.807) is 50.2 Å². The number of carbonyl (C=O) groups excluding carboxylic acids is 3. The molecule has 0 aromatic heterocycles. The van der Waals surface area contributed by atoms with Crippen molar-refractivity contribution in [1.82, 2.24) is 4.90 Å². The summed E-state index contributed by atoms with van der Waals surface area (Å²) in [6.45, 7) is 7.41. The van der Waals surface area contributed by atoms with Crippen molar-refractivity contribution in [2.75, 3.05) is 11.5 Å². The molecule has 29 heavy (non-hydrogen) atoms. The topological polar surface area (TPSA) is 66.9 Å². The molecule has 6 heteroatoms. The van der Waals surface area contributed by atoms with Crippen molar-refractivity contribution in [2.24, 2.45) is 5.92 Å². The first-order valence-electron chi connectivity index (χ1n) is 9.68. The van der Waals surface area contributed by atoms with Gasteiger partial charge < -0.3 is 4.74 Å². The number of rotatable bonds is 5. The van der Waals surface area contributed by atoms with E-state index in [9.17, 15) is 14.4 Å². The maximum Gasteiger partial charge on any atom is 0.417 e. The second-order valence-electron chi connectivity index (χ2n) is 8.11. The third-order valence-electron chi connectivity index (χ3n) is 4.99. The molecule has 2 aromatic carbocycles. The first kappa shape index (κ1) is 20.6. The van der Waals surface area contributed by atoms with Gasteiger partial charge in [0.2, 0.25) is 0 Å². The molecule has 1 aliphatic heterocycles. The van der Waals surface area contributed by atoms with Gasteiger partial charge in [0.15, 0.2) is 0 Å². The average molecular weight is 394 g/mol. The van der Waals surface area contributed by atoms with Gasteiger partial charge >= 0.3 is 6.09 Å². The lowest BCUT2D eigenvalue weighted by atomic mass is 9.96. The highest BCUT2D eigenvalue weighted by atomic mass is 16.6. The van der Waals surface area contributed by atoms with E-state index in [2.05, 4.69) is 0 Å². The van der Waals surface area contributed by atoms with Crippen LogP contribution in [0.1, 0.15) is 38.1 Å². The molecule has 3 rings (SSSR count). The van der Waals surface area contributed by atoms with E-state index in [1.807, 2.05) is 38.1 Å². The number of hydrogen-bond donors (Lipinski definition) is 0. The molecule has 1 saturated heterocycles. The molecule has 1 unspecified atom stereocenters. The highest BCUT2D eigenvalue weighted by Crippen LogP contribution is 2.30. The first-order valence-corrected chi connectivity index (χ1v) is 9.68. The van der Waals surface area contributed by atoms with Crippen molar-refractivity contribution >= 4 is 23.6 Å². The van der Waals surface area contributed by atoms with Crippen molar-refractivity contribution < 1.29 is 19.1 Å². The first-order chi connectivity index (χ1) is 13.7. The standard InChI is InChI=1S/C23H26N2O4/c1-16(2)19(21(27)25-22(28)29-15-23(25,3)4)24(18-13-9-6-10-14-18)20(26)17-11-7-5-8-12-17/h5-14,16,19H,15H2,1-4H3. The van der Waals surface area contributed by atoms with Crippen molar-refractivity contribution in [3.8, 4) is 0 Å². The van der Waals surface area contributed by atoms with Crippen LogP contribution in [0.5, 0.6) is 0 Å². The van der Waals surface area contributed by atoms with Crippen LogP contribution in [-0.4, -0.2) is 41.0 Å². The predicted molar refractivity (Wildman–Crippen MR) is 111 cm³/mol. The van der Waals surface area contributed by atoms with Gasteiger partial charge in [-0.25, -0.2) is 9.69 Å². The third kappa shape index (κ3) is 4.01. The van der Waals surface area contributed by atoms with E-state index in [0.29, 0.717) is 11.3 Å². The van der Waals surface area contributed by atoms with E-state index in [4.69, 9.17) is 4.74 Å². The zero-order valence-electron chi connectivity index (χ0n) is 17.2. The van der Waals surface area contributed by atoms with E-state index < -0.39 is 23.6 Å². The van der Waals surface area contributed by atoms with Gasteiger partial charge in [0, 0.05) is 11.3 Å². The molecule has 0 spiro atoms. The Morgan fingerprint density at radius 3 is 2.03 bits per heavy atom. The van der Waals surface area contributed by atoms with Crippen LogP contribution in [0.4, 0.5) is 10.5 Å². The van der Waals surface area contributed by atoms with Crippen LogP contribution in [0.15, 0.2) is 60.7 Å². The van der Waals surface area contributed by atoms with E-state index in [0.717, 1.165) is 4.90 Å². The second-order valence-corrected chi connectivity index (χ2v) is 8.11. The largest absolute Gasteiger partial charge is 0.447 e. The zero-order valence-corrected chi connectivity index (χ0v) is 17.2. The van der Waals surface area contributed by atoms with Crippen molar-refractivity contribution in [3.63, 3.8) is 0 Å². The number of imide groups is 1. The molecule has 152 valence electrons. The lowest BCUT2D eigenvalue weighted by Crippen LogP contribution is -2.58. The molecule has 1 heterocycles. The normalized spacial score (nSPS) is 16.4. The summed E-state index contributed by atoms with van der Waals surface area (Å²) in [5, 5.41) is 0. The van der Waals surface area contributed by atoms with Gasteiger partial charge in [-0.2, -0.15) is 0 Å². The molecule has 2 aromatic rings. The van der Waals surface area contributed by atoms with Crippen molar-refractivity contribution in [2.45, 2.75) is 39.3 Å². The Labute approximate surface area is 171 Å². The molecular weight excluding hydrogens is 368 g/mol. The Morgan fingerprint density at radius 2 is 1.55 bits per heavy atom. The second kappa shape index (κ2) is 8.07. The molecule has 0 N–H and O–H groups in total. The van der Waals surface area contributed by atoms with Crippen LogP contribution in [0.25, 0.3) is 0 Å². The summed E-state index contributed by atoms with van der Waals surface area (Å²) in [4.78, 5) is 42.1. The van der Waals surface area contributed by atoms with Gasteiger partial charge in [-0.05, 0) is 44.0 Å². The number of carbonyl (C=O) groups is 3. The van der Waals surface area contributed by atoms with E-state index >= 15 is 0 Å². The molecule has 0 radical (unpaired) electrons. The molecule has 6 nitrogen and oxygen atoms in total. The summed E-state index contributed by atoms with van der Waals surface area (Å²) < 4.78 is 5.13. The fourth-order valence-corrected chi connectivity index (χ4v) is 3.54. The number of para-hydroxylation sites is 1. The molecule has 1 fully saturated rings. The lowest BCUT2D eigenvalue weighted by molar-refractivity contribution is -0.133. The Kier molecular flexibility index (Phi) is 5.73. The molecule has 0 saturated carbocycles. The Hall–Kier alpha value is -3.15. The summed E-state index contributed by atoms with van der Waals surface area (Å²) >= 11 is 0. The van der Waals surface area contributed by atoms with Gasteiger partial charge in [0.25, 0.3) is 11.8 Å². The average Bonchev–Trinajstić information content (AvgIpc) is 2.98. The molecule has 3 amide bonds. The van der Waals surface area contributed by atoms with Crippen molar-refractivity contribution in [3.05, 3.63) is 66.2 Å². The molecule has 1 atom stereocenters. The van der Waals surface area contributed by atoms with Crippen LogP contribution < -0.4 is 4.90 Å². The fourth-order valence-electron chi connectivity index (χ4n) is 3.54. The number of benzene rings is 2. The molecule has 1 aliphatic rings. The summed E-state index contributed by atoms with van der Waals surface area (Å²) in [5.41, 5.74) is 0.288. The van der Waals surface area contributed by atoms with Crippen molar-refractivity contribution in [1.29, 1.82) is 0 Å². The maximum atomic E-state index is 13.6. The minimum absolute atomic E-state index is 0.125. The quantitative estimate of drug-likeness (QED) is 0.765. The molecule has 0 bridgehead atoms. The molecular formula is C23H26N2O4. The van der Waals surface area contributed by atoms with E-state index in [-0.39, 0.29) is 18.4 Å². The Morgan fingerprint density at radius 1 is 1.00 bits per heavy atom. The highest BCUT2D eigenvalue weighted by molar-refractivity contribution is 6.11. The van der Waals surface area contributed by atoms with Gasteiger partial charge in [-0.3, -0.25) is 14.5 Å². The summed E-state index contributed by atoms with van der Waals surface area (Å²) in [6.07, 6.45) is -0.675. The van der Waals surface area contributed by atoms with Crippen LogP contribution in [0.3, 0.4) is 0 Å². The van der Waals surface area contributed by atoms with Crippen LogP contribution in [0.2, 0.25) is 0 Å².